The van der Waals surface area contributed by atoms with Crippen molar-refractivity contribution >= 4 is 48.5 Å². The lowest BCUT2D eigenvalue weighted by Gasteiger charge is -2.06. The Balaban J connectivity index is 2.35. The lowest BCUT2D eigenvalue weighted by atomic mass is 10.2. The number of rotatable bonds is 3. The molecule has 0 atom stereocenters. The Morgan fingerprint density at radius 3 is 2.68 bits per heavy atom. The molecule has 0 aliphatic carbocycles. The second-order valence-electron chi connectivity index (χ2n) is 4.90. The highest BCUT2D eigenvalue weighted by Gasteiger charge is 2.28. The van der Waals surface area contributed by atoms with Gasteiger partial charge in [-0.2, -0.15) is 0 Å². The number of fused-ring (bicyclic) bond motifs is 1. The Labute approximate surface area is 141 Å². The number of aryl methyl sites for hydroxylation is 2. The van der Waals surface area contributed by atoms with Gasteiger partial charge in [0.05, 0.1) is 5.52 Å². The molecule has 2 heterocycles. The Morgan fingerprint density at radius 2 is 2.09 bits per heavy atom. The van der Waals surface area contributed by atoms with Crippen LogP contribution in [0.15, 0.2) is 38.3 Å². The molecule has 0 fully saturated rings. The van der Waals surface area contributed by atoms with Gasteiger partial charge in [0.25, 0.3) is 10.0 Å². The molecule has 2 aromatic heterocycles. The summed E-state index contributed by atoms with van der Waals surface area (Å²) in [5.41, 5.74) is 1.65. The van der Waals surface area contributed by atoms with E-state index in [9.17, 15) is 8.42 Å². The molecular formula is C14H12BrClN2O3S. The molecule has 0 N–H and O–H groups in total. The molecule has 0 saturated heterocycles. The van der Waals surface area contributed by atoms with Gasteiger partial charge < -0.3 is 4.52 Å². The summed E-state index contributed by atoms with van der Waals surface area (Å²) in [4.78, 5) is 0.0911. The van der Waals surface area contributed by atoms with Gasteiger partial charge in [-0.05, 0) is 37.6 Å². The van der Waals surface area contributed by atoms with Crippen LogP contribution in [0.2, 0.25) is 0 Å². The van der Waals surface area contributed by atoms with E-state index < -0.39 is 10.0 Å². The molecule has 3 rings (SSSR count). The van der Waals surface area contributed by atoms with Crippen molar-refractivity contribution in [3.05, 3.63) is 45.9 Å². The summed E-state index contributed by atoms with van der Waals surface area (Å²) in [5, 5.41) is 4.52. The Kier molecular flexibility index (Phi) is 3.82. The van der Waals surface area contributed by atoms with Gasteiger partial charge in [-0.25, -0.2) is 12.4 Å². The van der Waals surface area contributed by atoms with Crippen LogP contribution in [0.1, 0.15) is 17.0 Å². The zero-order chi connectivity index (χ0) is 16.1. The van der Waals surface area contributed by atoms with Crippen molar-refractivity contribution in [3.8, 4) is 0 Å². The van der Waals surface area contributed by atoms with Crippen molar-refractivity contribution in [2.45, 2.75) is 24.6 Å². The molecule has 22 heavy (non-hydrogen) atoms. The van der Waals surface area contributed by atoms with E-state index in [0.29, 0.717) is 11.2 Å². The lowest BCUT2D eigenvalue weighted by molar-refractivity contribution is 0.390. The fourth-order valence-electron chi connectivity index (χ4n) is 2.48. The Hall–Kier alpha value is -1.31. The number of nitrogens with zero attached hydrogens (tertiary/aromatic N) is 2. The van der Waals surface area contributed by atoms with Crippen LogP contribution in [0.3, 0.4) is 0 Å². The number of aromatic nitrogens is 2. The van der Waals surface area contributed by atoms with Gasteiger partial charge >= 0.3 is 0 Å². The third-order valence-electron chi connectivity index (χ3n) is 3.44. The van der Waals surface area contributed by atoms with E-state index in [1.807, 2.05) is 6.07 Å². The van der Waals surface area contributed by atoms with E-state index in [0.717, 1.165) is 15.4 Å². The van der Waals surface area contributed by atoms with E-state index in [1.54, 1.807) is 32.2 Å². The first-order valence-corrected chi connectivity index (χ1v) is 9.17. The second kappa shape index (κ2) is 5.40. The van der Waals surface area contributed by atoms with E-state index in [1.165, 1.54) is 3.97 Å². The highest BCUT2D eigenvalue weighted by atomic mass is 79.9. The average Bonchev–Trinajstić information content (AvgIpc) is 2.99. The normalized spacial score (nSPS) is 12.2. The van der Waals surface area contributed by atoms with Crippen LogP contribution < -0.4 is 0 Å². The largest absolute Gasteiger partial charge is 0.360 e. The maximum absolute atomic E-state index is 13.0. The van der Waals surface area contributed by atoms with Crippen LogP contribution in [0.4, 0.5) is 0 Å². The number of halogens is 2. The van der Waals surface area contributed by atoms with Crippen molar-refractivity contribution in [1.29, 1.82) is 0 Å². The lowest BCUT2D eigenvalue weighted by Crippen LogP contribution is -2.13. The van der Waals surface area contributed by atoms with Crippen LogP contribution in [0.5, 0.6) is 0 Å². The van der Waals surface area contributed by atoms with Gasteiger partial charge in [-0.15, -0.1) is 11.6 Å². The minimum absolute atomic E-state index is 0.0911. The number of benzene rings is 1. The van der Waals surface area contributed by atoms with Crippen LogP contribution in [0.25, 0.3) is 10.9 Å². The summed E-state index contributed by atoms with van der Waals surface area (Å²) in [5.74, 6) is 0.487. The van der Waals surface area contributed by atoms with Crippen LogP contribution in [0, 0.1) is 13.8 Å². The van der Waals surface area contributed by atoms with E-state index in [4.69, 9.17) is 16.1 Å². The molecule has 1 aromatic carbocycles. The van der Waals surface area contributed by atoms with Crippen LogP contribution in [-0.4, -0.2) is 17.5 Å². The monoisotopic (exact) mass is 402 g/mol. The molecule has 0 spiro atoms. The van der Waals surface area contributed by atoms with Gasteiger partial charge in [0, 0.05) is 21.9 Å². The molecule has 3 aromatic rings. The molecule has 5 nitrogen and oxygen atoms in total. The predicted octanol–water partition coefficient (Wildman–Crippen LogP) is 3.98. The first-order chi connectivity index (χ1) is 10.4. The summed E-state index contributed by atoms with van der Waals surface area (Å²) < 4.78 is 33.0. The van der Waals surface area contributed by atoms with Crippen molar-refractivity contribution < 1.29 is 12.9 Å². The fourth-order valence-corrected chi connectivity index (χ4v) is 4.75. The number of alkyl halides is 1. The Bertz CT molecular complexity index is 956. The summed E-state index contributed by atoms with van der Waals surface area (Å²) >= 11 is 9.35. The highest BCUT2D eigenvalue weighted by Crippen LogP contribution is 2.31. The molecule has 0 aliphatic heterocycles. The second-order valence-corrected chi connectivity index (χ2v) is 7.84. The molecule has 0 saturated carbocycles. The SMILES string of the molecule is Cc1noc(C)c1S(=O)(=O)n1cc(CCl)c2cc(Br)ccc21. The van der Waals surface area contributed by atoms with E-state index in [2.05, 4.69) is 21.1 Å². The first-order valence-electron chi connectivity index (χ1n) is 6.40. The third kappa shape index (κ3) is 2.28. The molecule has 8 heteroatoms. The minimum atomic E-state index is -3.80. The van der Waals surface area contributed by atoms with Crippen molar-refractivity contribution in [2.24, 2.45) is 0 Å². The van der Waals surface area contributed by atoms with Gasteiger partial charge in [0.2, 0.25) is 0 Å². The van der Waals surface area contributed by atoms with E-state index >= 15 is 0 Å². The number of hydrogen-bond donors (Lipinski definition) is 0. The van der Waals surface area contributed by atoms with Crippen molar-refractivity contribution in [2.75, 3.05) is 0 Å². The van der Waals surface area contributed by atoms with E-state index in [-0.39, 0.29) is 16.5 Å². The molecule has 116 valence electrons. The topological polar surface area (TPSA) is 65.1 Å². The molecule has 0 bridgehead atoms. The molecule has 0 aliphatic rings. The van der Waals surface area contributed by atoms with Crippen LogP contribution in [-0.2, 0) is 15.9 Å². The standard InChI is InChI=1S/C14H12BrClN2O3S/c1-8-14(9(2)21-17-8)22(19,20)18-7-10(6-16)12-5-11(15)3-4-13(12)18/h3-5,7H,6H2,1-2H3. The molecule has 0 radical (unpaired) electrons. The van der Waals surface area contributed by atoms with Gasteiger partial charge in [-0.1, -0.05) is 21.1 Å². The van der Waals surface area contributed by atoms with Gasteiger partial charge in [0.15, 0.2) is 10.7 Å². The van der Waals surface area contributed by atoms with Crippen molar-refractivity contribution in [1.82, 2.24) is 9.13 Å². The first kappa shape index (κ1) is 15.6. The number of hydrogen-bond acceptors (Lipinski definition) is 4. The molecule has 0 unspecified atom stereocenters. The third-order valence-corrected chi connectivity index (χ3v) is 6.14. The molecular weight excluding hydrogens is 392 g/mol. The minimum Gasteiger partial charge on any atom is -0.360 e. The predicted molar refractivity (Wildman–Crippen MR) is 87.8 cm³/mol. The maximum Gasteiger partial charge on any atom is 0.273 e. The molecule has 0 amide bonds. The Morgan fingerprint density at radius 1 is 1.36 bits per heavy atom. The maximum atomic E-state index is 13.0. The highest BCUT2D eigenvalue weighted by molar-refractivity contribution is 9.10. The summed E-state index contributed by atoms with van der Waals surface area (Å²) in [7, 11) is -3.80. The smallest absolute Gasteiger partial charge is 0.273 e. The van der Waals surface area contributed by atoms with Crippen LogP contribution >= 0.6 is 27.5 Å². The summed E-state index contributed by atoms with van der Waals surface area (Å²) in [6, 6.07) is 5.39. The zero-order valence-electron chi connectivity index (χ0n) is 11.8. The quantitative estimate of drug-likeness (QED) is 0.620. The van der Waals surface area contributed by atoms with Gasteiger partial charge in [0.1, 0.15) is 5.69 Å². The zero-order valence-corrected chi connectivity index (χ0v) is 15.0. The average molecular weight is 404 g/mol. The summed E-state index contributed by atoms with van der Waals surface area (Å²) in [6.07, 6.45) is 1.55. The summed E-state index contributed by atoms with van der Waals surface area (Å²) in [6.45, 7) is 3.19. The van der Waals surface area contributed by atoms with Gasteiger partial charge in [-0.3, -0.25) is 0 Å². The van der Waals surface area contributed by atoms with Crippen molar-refractivity contribution in [3.63, 3.8) is 0 Å². The fraction of sp³-hybridized carbons (Fsp3) is 0.214.